The molecule has 3 nitrogen and oxygen atoms in total. The van der Waals surface area contributed by atoms with Gasteiger partial charge in [0.05, 0.1) is 0 Å². The van der Waals surface area contributed by atoms with Crippen molar-refractivity contribution in [2.24, 2.45) is 16.7 Å². The fraction of sp³-hybridized carbons (Fsp3) is 0.600. The number of carbonyl (C=O) groups excluding carboxylic acids is 2. The van der Waals surface area contributed by atoms with Gasteiger partial charge >= 0.3 is 0 Å². The van der Waals surface area contributed by atoms with Crippen molar-refractivity contribution >= 4 is 22.5 Å². The maximum Gasteiger partial charge on any atom is 0.136 e. The van der Waals surface area contributed by atoms with Gasteiger partial charge in [-0.25, -0.2) is 0 Å². The third-order valence-electron chi connectivity index (χ3n) is 4.58. The van der Waals surface area contributed by atoms with E-state index >= 15 is 0 Å². The maximum absolute atomic E-state index is 12.2. The van der Waals surface area contributed by atoms with Crippen molar-refractivity contribution in [1.82, 2.24) is 4.98 Å². The topological polar surface area (TPSA) is 49.9 Å². The number of aromatic nitrogens is 1. The van der Waals surface area contributed by atoms with Crippen LogP contribution in [-0.4, -0.2) is 16.6 Å². The largest absolute Gasteiger partial charge is 0.361 e. The number of hydrogen-bond acceptors (Lipinski definition) is 2. The Kier molecular flexibility index (Phi) is 8.66. The van der Waals surface area contributed by atoms with E-state index in [1.165, 1.54) is 10.9 Å². The van der Waals surface area contributed by atoms with E-state index in [2.05, 4.69) is 58.7 Å². The lowest BCUT2D eigenvalue weighted by atomic mass is 9.84. The molecule has 0 radical (unpaired) electrons. The van der Waals surface area contributed by atoms with Crippen LogP contribution in [0.5, 0.6) is 0 Å². The lowest BCUT2D eigenvalue weighted by molar-refractivity contribution is -0.124. The summed E-state index contributed by atoms with van der Waals surface area (Å²) in [5.41, 5.74) is 2.64. The Morgan fingerprint density at radius 3 is 2.04 bits per heavy atom. The van der Waals surface area contributed by atoms with E-state index in [4.69, 9.17) is 0 Å². The summed E-state index contributed by atoms with van der Waals surface area (Å²) in [5.74, 6) is 0.804. The third kappa shape index (κ3) is 8.86. The second kappa shape index (κ2) is 10.0. The number of fused-ring (bicyclic) bond motifs is 1. The molecule has 0 spiro atoms. The van der Waals surface area contributed by atoms with Crippen LogP contribution in [0.1, 0.15) is 80.2 Å². The highest BCUT2D eigenvalue weighted by Crippen LogP contribution is 2.25. The molecule has 3 heteroatoms. The quantitative estimate of drug-likeness (QED) is 0.597. The average molecular weight is 386 g/mol. The number of benzene rings is 1. The zero-order chi connectivity index (χ0) is 21.5. The summed E-state index contributed by atoms with van der Waals surface area (Å²) in [6, 6.07) is 8.25. The van der Waals surface area contributed by atoms with E-state index in [1.807, 2.05) is 32.2 Å². The van der Waals surface area contributed by atoms with Crippen LogP contribution in [0, 0.1) is 16.7 Å². The number of nitrogens with one attached hydrogen (secondary N) is 1. The molecule has 0 amide bonds. The molecule has 2 rings (SSSR count). The summed E-state index contributed by atoms with van der Waals surface area (Å²) in [6.45, 7) is 16.5. The Labute approximate surface area is 171 Å². The molecule has 28 heavy (non-hydrogen) atoms. The second-order valence-corrected chi connectivity index (χ2v) is 10.3. The fourth-order valence-electron chi connectivity index (χ4n) is 3.16. The van der Waals surface area contributed by atoms with Crippen molar-refractivity contribution in [3.05, 3.63) is 36.0 Å². The maximum atomic E-state index is 12.2. The molecule has 0 saturated carbocycles. The van der Waals surface area contributed by atoms with Crippen LogP contribution >= 0.6 is 0 Å². The summed E-state index contributed by atoms with van der Waals surface area (Å²) in [7, 11) is 0. The smallest absolute Gasteiger partial charge is 0.136 e. The van der Waals surface area contributed by atoms with Crippen molar-refractivity contribution in [2.45, 2.75) is 81.1 Å². The number of hydrogen-bond donors (Lipinski definition) is 1. The molecule has 0 aliphatic carbocycles. The van der Waals surface area contributed by atoms with Crippen LogP contribution in [0.25, 0.3) is 10.9 Å². The number of ketones is 2. The van der Waals surface area contributed by atoms with Crippen LogP contribution < -0.4 is 0 Å². The molecule has 1 heterocycles. The molecule has 2 aromatic rings. The Balaban J connectivity index is 0.000000370. The standard InChI is InChI=1S/C17H23NO.C8H16O/c1-12(16(19)10-17(2,3)4)9-13-11-18-15-8-6-5-7-14(13)15;1-5-7(9)6-8(2,3)4/h5-8,11-12,18H,9-10H2,1-4H3;5-6H2,1-4H3. The Morgan fingerprint density at radius 1 is 0.964 bits per heavy atom. The van der Waals surface area contributed by atoms with E-state index in [1.54, 1.807) is 0 Å². The Morgan fingerprint density at radius 2 is 1.54 bits per heavy atom. The second-order valence-electron chi connectivity index (χ2n) is 10.3. The number of Topliss-reactive ketones (excluding diaryl/α,β-unsaturated/α-hetero) is 2. The van der Waals surface area contributed by atoms with Gasteiger partial charge in [0.25, 0.3) is 0 Å². The van der Waals surface area contributed by atoms with Gasteiger partial charge in [-0.05, 0) is 28.9 Å². The highest BCUT2D eigenvalue weighted by Gasteiger charge is 2.21. The normalized spacial score (nSPS) is 13.0. The molecule has 0 fully saturated rings. The molecule has 156 valence electrons. The predicted octanol–water partition coefficient (Wildman–Crippen LogP) is 6.75. The van der Waals surface area contributed by atoms with Gasteiger partial charge in [0.15, 0.2) is 0 Å². The van der Waals surface area contributed by atoms with E-state index in [-0.39, 0.29) is 16.7 Å². The summed E-state index contributed by atoms with van der Waals surface area (Å²) >= 11 is 0. The molecule has 0 aliphatic heterocycles. The van der Waals surface area contributed by atoms with Crippen molar-refractivity contribution in [3.8, 4) is 0 Å². The molecule has 1 N–H and O–H groups in total. The minimum absolute atomic E-state index is 0.0750. The van der Waals surface area contributed by atoms with Crippen LogP contribution in [0.4, 0.5) is 0 Å². The summed E-state index contributed by atoms with van der Waals surface area (Å²) in [5, 5.41) is 1.23. The van der Waals surface area contributed by atoms with Crippen molar-refractivity contribution in [2.75, 3.05) is 0 Å². The monoisotopic (exact) mass is 385 g/mol. The first-order chi connectivity index (χ1) is 12.8. The molecular formula is C25H39NO2. The minimum Gasteiger partial charge on any atom is -0.361 e. The third-order valence-corrected chi connectivity index (χ3v) is 4.58. The predicted molar refractivity (Wildman–Crippen MR) is 120 cm³/mol. The Bertz CT molecular complexity index is 772. The number of aromatic amines is 1. The highest BCUT2D eigenvalue weighted by molar-refractivity contribution is 5.85. The molecule has 1 aromatic carbocycles. The van der Waals surface area contributed by atoms with Gasteiger partial charge in [-0.3, -0.25) is 9.59 Å². The van der Waals surface area contributed by atoms with Crippen LogP contribution in [0.3, 0.4) is 0 Å². The SMILES string of the molecule is CC(Cc1c[nH]c2ccccc12)C(=O)CC(C)(C)C.CCC(=O)CC(C)(C)C. The number of carbonyl (C=O) groups is 2. The molecular weight excluding hydrogens is 346 g/mol. The van der Waals surface area contributed by atoms with E-state index < -0.39 is 0 Å². The zero-order valence-electron chi connectivity index (χ0n) is 19.1. The zero-order valence-corrected chi connectivity index (χ0v) is 19.1. The molecule has 0 aliphatic rings. The van der Waals surface area contributed by atoms with Gasteiger partial charge in [-0.15, -0.1) is 0 Å². The van der Waals surface area contributed by atoms with Gasteiger partial charge in [-0.2, -0.15) is 0 Å². The first-order valence-electron chi connectivity index (χ1n) is 10.4. The fourth-order valence-corrected chi connectivity index (χ4v) is 3.16. The van der Waals surface area contributed by atoms with Crippen molar-refractivity contribution < 1.29 is 9.59 Å². The van der Waals surface area contributed by atoms with Crippen LogP contribution in [0.15, 0.2) is 30.5 Å². The van der Waals surface area contributed by atoms with Gasteiger partial charge in [0.1, 0.15) is 11.6 Å². The van der Waals surface area contributed by atoms with Crippen molar-refractivity contribution in [1.29, 1.82) is 0 Å². The van der Waals surface area contributed by atoms with Gasteiger partial charge in [-0.1, -0.05) is 73.6 Å². The molecule has 0 bridgehead atoms. The Hall–Kier alpha value is -1.90. The first-order valence-corrected chi connectivity index (χ1v) is 10.4. The summed E-state index contributed by atoms with van der Waals surface area (Å²) in [4.78, 5) is 26.3. The molecule has 1 unspecified atom stereocenters. The van der Waals surface area contributed by atoms with E-state index in [9.17, 15) is 9.59 Å². The van der Waals surface area contributed by atoms with Gasteiger partial charge in [0.2, 0.25) is 0 Å². The molecule has 1 aromatic heterocycles. The first kappa shape index (κ1) is 24.1. The molecule has 0 saturated heterocycles. The minimum atomic E-state index is 0.0750. The van der Waals surface area contributed by atoms with E-state index in [0.29, 0.717) is 30.8 Å². The highest BCUT2D eigenvalue weighted by atomic mass is 16.1. The number of rotatable bonds is 6. The number of para-hydroxylation sites is 1. The van der Waals surface area contributed by atoms with E-state index in [0.717, 1.165) is 11.9 Å². The lowest BCUT2D eigenvalue weighted by Gasteiger charge is -2.19. The summed E-state index contributed by atoms with van der Waals surface area (Å²) in [6.07, 6.45) is 4.89. The van der Waals surface area contributed by atoms with Crippen LogP contribution in [-0.2, 0) is 16.0 Å². The van der Waals surface area contributed by atoms with Crippen molar-refractivity contribution in [3.63, 3.8) is 0 Å². The summed E-state index contributed by atoms with van der Waals surface area (Å²) < 4.78 is 0. The van der Waals surface area contributed by atoms with Crippen LogP contribution in [0.2, 0.25) is 0 Å². The van der Waals surface area contributed by atoms with Gasteiger partial charge < -0.3 is 4.98 Å². The molecule has 1 atom stereocenters. The average Bonchev–Trinajstić information content (AvgIpc) is 2.95. The lowest BCUT2D eigenvalue weighted by Crippen LogP contribution is -2.20. The number of H-pyrrole nitrogens is 1. The van der Waals surface area contributed by atoms with Gasteiger partial charge in [0, 0.05) is 42.3 Å².